The van der Waals surface area contributed by atoms with Crippen LogP contribution >= 0.6 is 0 Å². The molecule has 156 valence electrons. The van der Waals surface area contributed by atoms with Gasteiger partial charge in [-0.1, -0.05) is 42.5 Å². The van der Waals surface area contributed by atoms with E-state index in [9.17, 15) is 4.79 Å². The smallest absolute Gasteiger partial charge is 0.337 e. The summed E-state index contributed by atoms with van der Waals surface area (Å²) in [5, 5.41) is 6.98. The molecule has 0 bridgehead atoms. The Hall–Kier alpha value is -3.80. The fraction of sp³-hybridized carbons (Fsp3) is 0.200. The number of carbonyl (C=O) groups excluding carboxylic acids is 1. The predicted octanol–water partition coefficient (Wildman–Crippen LogP) is 4.72. The number of benzene rings is 3. The van der Waals surface area contributed by atoms with Crippen LogP contribution in [0.5, 0.6) is 11.5 Å². The Morgan fingerprint density at radius 2 is 1.84 bits per heavy atom. The van der Waals surface area contributed by atoms with E-state index in [2.05, 4.69) is 6.07 Å². The molecule has 0 radical (unpaired) electrons. The van der Waals surface area contributed by atoms with Gasteiger partial charge in [-0.05, 0) is 30.3 Å². The highest BCUT2D eigenvalue weighted by Gasteiger charge is 2.40. The summed E-state index contributed by atoms with van der Waals surface area (Å²) in [5.74, 6) is 1.29. The molecule has 2 atom stereocenters. The van der Waals surface area contributed by atoms with E-state index >= 15 is 0 Å². The van der Waals surface area contributed by atoms with Crippen molar-refractivity contribution in [1.82, 2.24) is 5.01 Å². The highest BCUT2D eigenvalue weighted by Crippen LogP contribution is 2.47. The fourth-order valence-corrected chi connectivity index (χ4v) is 4.13. The minimum absolute atomic E-state index is 0.0661. The summed E-state index contributed by atoms with van der Waals surface area (Å²) in [6, 6.07) is 23.4. The maximum absolute atomic E-state index is 11.8. The highest BCUT2D eigenvalue weighted by molar-refractivity contribution is 6.02. The number of ether oxygens (including phenoxy) is 3. The van der Waals surface area contributed by atoms with Gasteiger partial charge in [0.2, 0.25) is 6.23 Å². The molecule has 2 aliphatic heterocycles. The van der Waals surface area contributed by atoms with Crippen LogP contribution in [0.4, 0.5) is 0 Å². The number of carbonyl (C=O) groups is 1. The SMILES string of the molecule is COC(=O)c1ccc([C@@H]2Oc3ccccc3[C@@H]3CC(c4cccc(OC)c4)=NN32)cc1. The van der Waals surface area contributed by atoms with E-state index in [0.29, 0.717) is 5.56 Å². The van der Waals surface area contributed by atoms with E-state index in [1.165, 1.54) is 7.11 Å². The van der Waals surface area contributed by atoms with Gasteiger partial charge in [0, 0.05) is 23.1 Å². The van der Waals surface area contributed by atoms with Crippen molar-refractivity contribution >= 4 is 11.7 Å². The molecule has 0 N–H and O–H groups in total. The molecule has 0 unspecified atom stereocenters. The van der Waals surface area contributed by atoms with Crippen LogP contribution in [0.15, 0.2) is 77.9 Å². The van der Waals surface area contributed by atoms with Crippen LogP contribution in [0.1, 0.15) is 45.7 Å². The first kappa shape index (κ1) is 19.2. The molecule has 2 heterocycles. The number of methoxy groups -OCH3 is 2. The van der Waals surface area contributed by atoms with E-state index in [0.717, 1.165) is 40.3 Å². The molecule has 0 aromatic heterocycles. The summed E-state index contributed by atoms with van der Waals surface area (Å²) in [5.41, 5.74) is 4.56. The molecule has 0 fully saturated rings. The van der Waals surface area contributed by atoms with Crippen LogP contribution in [0, 0.1) is 0 Å². The summed E-state index contributed by atoms with van der Waals surface area (Å²) in [6.45, 7) is 0. The maximum atomic E-state index is 11.8. The lowest BCUT2D eigenvalue weighted by Crippen LogP contribution is -2.33. The van der Waals surface area contributed by atoms with Crippen LogP contribution in [0.25, 0.3) is 0 Å². The van der Waals surface area contributed by atoms with Crippen molar-refractivity contribution in [3.8, 4) is 11.5 Å². The average Bonchev–Trinajstić information content (AvgIpc) is 3.29. The third kappa shape index (κ3) is 3.40. The first-order valence-electron chi connectivity index (χ1n) is 10.1. The number of rotatable bonds is 4. The average molecular weight is 414 g/mol. The molecule has 6 nitrogen and oxygen atoms in total. The van der Waals surface area contributed by atoms with Gasteiger partial charge < -0.3 is 14.2 Å². The van der Waals surface area contributed by atoms with Crippen molar-refractivity contribution in [2.75, 3.05) is 14.2 Å². The molecule has 6 heteroatoms. The molecule has 0 amide bonds. The number of esters is 1. The molecule has 5 rings (SSSR count). The standard InChI is InChI=1S/C25H22N2O4/c1-29-19-7-5-6-18(14-19)21-15-22-20-8-3-4-9-23(20)31-24(27(22)26-21)16-10-12-17(13-11-16)25(28)30-2/h3-14,22,24H,15H2,1-2H3/t22-,24-/m0/s1. The van der Waals surface area contributed by atoms with Gasteiger partial charge in [-0.3, -0.25) is 0 Å². The number of hydrazone groups is 1. The fourth-order valence-electron chi connectivity index (χ4n) is 4.13. The Bertz CT molecular complexity index is 1160. The minimum atomic E-state index is -0.394. The summed E-state index contributed by atoms with van der Waals surface area (Å²) in [6.07, 6.45) is 0.374. The number of hydrogen-bond acceptors (Lipinski definition) is 6. The van der Waals surface area contributed by atoms with Gasteiger partial charge in [0.25, 0.3) is 0 Å². The number of hydrogen-bond donors (Lipinski definition) is 0. The lowest BCUT2D eigenvalue weighted by atomic mass is 9.96. The summed E-state index contributed by atoms with van der Waals surface area (Å²) in [7, 11) is 3.04. The Labute approximate surface area is 180 Å². The Morgan fingerprint density at radius 3 is 2.61 bits per heavy atom. The lowest BCUT2D eigenvalue weighted by molar-refractivity contribution is -0.0190. The van der Waals surface area contributed by atoms with Crippen molar-refractivity contribution in [2.45, 2.75) is 18.7 Å². The van der Waals surface area contributed by atoms with Crippen molar-refractivity contribution in [3.05, 3.63) is 95.1 Å². The zero-order valence-corrected chi connectivity index (χ0v) is 17.3. The molecule has 0 aliphatic carbocycles. The largest absolute Gasteiger partial charge is 0.497 e. The zero-order valence-electron chi connectivity index (χ0n) is 17.3. The summed E-state index contributed by atoms with van der Waals surface area (Å²) < 4.78 is 16.6. The Kier molecular flexibility index (Phi) is 4.82. The predicted molar refractivity (Wildman–Crippen MR) is 116 cm³/mol. The molecule has 2 aliphatic rings. The first-order valence-corrected chi connectivity index (χ1v) is 10.1. The van der Waals surface area contributed by atoms with E-state index in [-0.39, 0.29) is 12.0 Å². The number of nitrogens with zero attached hydrogens (tertiary/aromatic N) is 2. The molecule has 0 spiro atoms. The van der Waals surface area contributed by atoms with Crippen LogP contribution in [0.2, 0.25) is 0 Å². The van der Waals surface area contributed by atoms with Gasteiger partial charge >= 0.3 is 5.97 Å². The topological polar surface area (TPSA) is 60.4 Å². The molecule has 3 aromatic rings. The quantitative estimate of drug-likeness (QED) is 0.578. The van der Waals surface area contributed by atoms with Crippen LogP contribution in [0.3, 0.4) is 0 Å². The van der Waals surface area contributed by atoms with Crippen LogP contribution in [-0.4, -0.2) is 30.9 Å². The van der Waals surface area contributed by atoms with Gasteiger partial charge in [0.05, 0.1) is 31.5 Å². The van der Waals surface area contributed by atoms with E-state index in [4.69, 9.17) is 19.3 Å². The van der Waals surface area contributed by atoms with E-state index in [1.807, 2.05) is 59.6 Å². The van der Waals surface area contributed by atoms with Crippen molar-refractivity contribution in [2.24, 2.45) is 5.10 Å². The van der Waals surface area contributed by atoms with Gasteiger partial charge in [-0.15, -0.1) is 0 Å². The van der Waals surface area contributed by atoms with Crippen LogP contribution in [-0.2, 0) is 4.74 Å². The normalized spacial score (nSPS) is 19.0. The first-order chi connectivity index (χ1) is 15.2. The number of fused-ring (bicyclic) bond motifs is 3. The van der Waals surface area contributed by atoms with Crippen molar-refractivity contribution < 1.29 is 19.0 Å². The zero-order chi connectivity index (χ0) is 21.4. The molecule has 31 heavy (non-hydrogen) atoms. The molecular formula is C25H22N2O4. The second-order valence-corrected chi connectivity index (χ2v) is 7.50. The summed E-state index contributed by atoms with van der Waals surface area (Å²) in [4.78, 5) is 11.8. The molecular weight excluding hydrogens is 392 g/mol. The maximum Gasteiger partial charge on any atom is 0.337 e. The Morgan fingerprint density at radius 1 is 1.03 bits per heavy atom. The Balaban J connectivity index is 1.54. The van der Waals surface area contributed by atoms with Crippen LogP contribution < -0.4 is 9.47 Å². The van der Waals surface area contributed by atoms with Gasteiger partial charge in [0.15, 0.2) is 0 Å². The third-order valence-corrected chi connectivity index (χ3v) is 5.72. The second-order valence-electron chi connectivity index (χ2n) is 7.50. The minimum Gasteiger partial charge on any atom is -0.497 e. The van der Waals surface area contributed by atoms with Gasteiger partial charge in [-0.25, -0.2) is 9.80 Å². The van der Waals surface area contributed by atoms with Crippen molar-refractivity contribution in [3.63, 3.8) is 0 Å². The summed E-state index contributed by atoms with van der Waals surface area (Å²) >= 11 is 0. The highest BCUT2D eigenvalue weighted by atomic mass is 16.5. The monoisotopic (exact) mass is 414 g/mol. The molecule has 0 saturated carbocycles. The van der Waals surface area contributed by atoms with Crippen molar-refractivity contribution in [1.29, 1.82) is 0 Å². The van der Waals surface area contributed by atoms with Gasteiger partial charge in [0.1, 0.15) is 11.5 Å². The van der Waals surface area contributed by atoms with E-state index in [1.54, 1.807) is 19.2 Å². The van der Waals surface area contributed by atoms with Gasteiger partial charge in [-0.2, -0.15) is 5.10 Å². The third-order valence-electron chi connectivity index (χ3n) is 5.72. The van der Waals surface area contributed by atoms with E-state index < -0.39 is 6.23 Å². The molecule has 3 aromatic carbocycles. The second kappa shape index (κ2) is 7.80. The molecule has 0 saturated heterocycles. The lowest BCUT2D eigenvalue weighted by Gasteiger charge is -2.38. The number of para-hydroxylation sites is 1.